The monoisotopic (exact) mass is 1170 g/mol. The molecule has 2 aromatic heterocycles. The second kappa shape index (κ2) is 26.8. The van der Waals surface area contributed by atoms with Crippen molar-refractivity contribution in [1.29, 1.82) is 0 Å². The first-order chi connectivity index (χ1) is 40.6. The molecule has 0 bridgehead atoms. The molecule has 0 fully saturated rings. The summed E-state index contributed by atoms with van der Waals surface area (Å²) in [7, 11) is -5.02. The van der Waals surface area contributed by atoms with E-state index in [1.807, 2.05) is 78.9 Å². The zero-order valence-electron chi connectivity index (χ0n) is 45.2. The zero-order valence-corrected chi connectivity index (χ0v) is 46.8. The number of nitrogens with zero attached hydrogens (tertiary/aromatic N) is 2. The predicted molar refractivity (Wildman–Crippen MR) is 320 cm³/mol. The van der Waals surface area contributed by atoms with Gasteiger partial charge in [-0.1, -0.05) is 109 Å². The molecule has 11 aromatic rings. The van der Waals surface area contributed by atoms with Crippen LogP contribution in [0.1, 0.15) is 12.0 Å². The van der Waals surface area contributed by atoms with E-state index < -0.39 is 31.8 Å². The molecule has 20 heteroatoms. The maximum absolute atomic E-state index is 15.1. The second-order valence-corrected chi connectivity index (χ2v) is 21.5. The minimum Gasteiger partial charge on any atom is -0.493 e. The summed E-state index contributed by atoms with van der Waals surface area (Å²) in [4.78, 5) is 8.77. The molecule has 0 aliphatic heterocycles. The Hall–Kier alpha value is -9.86. The number of halogens is 2. The van der Waals surface area contributed by atoms with Crippen molar-refractivity contribution in [2.24, 2.45) is 5.73 Å². The molecule has 0 saturated carbocycles. The van der Waals surface area contributed by atoms with Crippen LogP contribution < -0.4 is 44.6 Å². The van der Waals surface area contributed by atoms with E-state index in [4.69, 9.17) is 44.4 Å². The van der Waals surface area contributed by atoms with Crippen molar-refractivity contribution in [3.8, 4) is 57.1 Å². The fourth-order valence-corrected chi connectivity index (χ4v) is 10.4. The maximum atomic E-state index is 15.1. The Kier molecular flexibility index (Phi) is 18.8. The Bertz CT molecular complexity index is 4330. The number of nitrogen functional groups attached to an aromatic ring is 1. The van der Waals surface area contributed by atoms with E-state index in [1.54, 1.807) is 92.3 Å². The van der Waals surface area contributed by atoms with Gasteiger partial charge >= 0.3 is 0 Å². The molecule has 2 heterocycles. The third-order valence-corrected chi connectivity index (χ3v) is 15.0. The van der Waals surface area contributed by atoms with Gasteiger partial charge in [0.05, 0.1) is 53.0 Å². The zero-order chi connectivity index (χ0) is 59.2. The number of pyridine rings is 2. The minimum absolute atomic E-state index is 0.0632. The summed E-state index contributed by atoms with van der Waals surface area (Å²) in [5.41, 5.74) is 15.1. The van der Waals surface area contributed by atoms with E-state index in [1.165, 1.54) is 49.6 Å². The highest BCUT2D eigenvalue weighted by atomic mass is 32.2. The molecule has 9 aromatic carbocycles. The average Bonchev–Trinajstić information content (AvgIpc) is 3.04. The number of anilines is 2. The Labute approximate surface area is 483 Å². The third-order valence-electron chi connectivity index (χ3n) is 12.7. The Balaban J connectivity index is 0.000000164. The highest BCUT2D eigenvalue weighted by molar-refractivity contribution is 7.93. The van der Waals surface area contributed by atoms with Crippen LogP contribution in [-0.2, 0) is 26.7 Å². The fourth-order valence-electron chi connectivity index (χ4n) is 8.55. The lowest BCUT2D eigenvalue weighted by atomic mass is 10.1. The molecule has 0 radical (unpaired) electrons. The van der Waals surface area contributed by atoms with E-state index >= 15 is 4.39 Å². The van der Waals surface area contributed by atoms with E-state index in [0.717, 1.165) is 28.1 Å². The molecule has 6 N–H and O–H groups in total. The quantitative estimate of drug-likeness (QED) is 0.0355. The van der Waals surface area contributed by atoms with Crippen LogP contribution in [0.25, 0.3) is 43.7 Å². The first-order valence-electron chi connectivity index (χ1n) is 25.9. The molecule has 84 heavy (non-hydrogen) atoms. The van der Waals surface area contributed by atoms with Gasteiger partial charge < -0.3 is 39.9 Å². The van der Waals surface area contributed by atoms with Crippen molar-refractivity contribution in [3.63, 3.8) is 0 Å². The number of aromatic nitrogens is 2. The summed E-state index contributed by atoms with van der Waals surface area (Å²) in [5, 5.41) is 2.65. The number of sulfonamides is 1. The van der Waals surface area contributed by atoms with Gasteiger partial charge in [0.1, 0.15) is 29.7 Å². The van der Waals surface area contributed by atoms with Gasteiger partial charge in [0, 0.05) is 52.8 Å². The van der Waals surface area contributed by atoms with E-state index in [0.29, 0.717) is 93.6 Å². The number of rotatable bonds is 18. The molecule has 0 aliphatic rings. The topological polar surface area (TPSA) is 234 Å². The van der Waals surface area contributed by atoms with Crippen molar-refractivity contribution in [3.05, 3.63) is 230 Å². The lowest BCUT2D eigenvalue weighted by molar-refractivity contribution is 0.285. The first kappa shape index (κ1) is 58.8. The van der Waals surface area contributed by atoms with Crippen molar-refractivity contribution in [2.75, 3.05) is 37.8 Å². The van der Waals surface area contributed by atoms with Crippen molar-refractivity contribution in [2.45, 2.75) is 22.8 Å². The fraction of sp³-hybridized carbons (Fsp3) is 0.0938. The van der Waals surface area contributed by atoms with Gasteiger partial charge in [-0.3, -0.25) is 19.2 Å². The van der Waals surface area contributed by atoms with Crippen molar-refractivity contribution >= 4 is 64.1 Å². The maximum Gasteiger partial charge on any atom is 0.294 e. The summed E-state index contributed by atoms with van der Waals surface area (Å²) in [5.74, 6) is 1.95. The van der Waals surface area contributed by atoms with Crippen LogP contribution in [0.3, 0.4) is 0 Å². The van der Waals surface area contributed by atoms with Crippen molar-refractivity contribution in [1.82, 2.24) is 9.97 Å². The van der Waals surface area contributed by atoms with Gasteiger partial charge in [0.25, 0.3) is 20.1 Å². The number of hydrogen-bond acceptors (Lipinski definition) is 14. The summed E-state index contributed by atoms with van der Waals surface area (Å²) in [6.07, 6.45) is 3.85. The van der Waals surface area contributed by atoms with E-state index in [9.17, 15) is 21.2 Å². The SMILES string of the molecule is COc1cc2c(Oc3ccc(N)c(F)c3)ccnc2cc1OCc1ccccc1.COc1cc2c(Oc3ccc(NS(=O)(=O)c4cccc5ccccc45)cc3F)ccnc2cc1OCCCN.O=S(=O)(O)c1cccc(-c2ccccc2)c1. The van der Waals surface area contributed by atoms with E-state index in [2.05, 4.69) is 14.7 Å². The van der Waals surface area contributed by atoms with Crippen LogP contribution in [0.5, 0.6) is 46.0 Å². The molecule has 0 saturated heterocycles. The molecule has 0 unspecified atom stereocenters. The molecule has 428 valence electrons. The summed E-state index contributed by atoms with van der Waals surface area (Å²) >= 11 is 0. The Morgan fingerprint density at radius 3 is 1.79 bits per heavy atom. The number of nitrogens with one attached hydrogen (secondary N) is 1. The first-order valence-corrected chi connectivity index (χ1v) is 28.8. The number of methoxy groups -OCH3 is 2. The number of hydrogen-bond donors (Lipinski definition) is 4. The molecule has 0 atom stereocenters. The Morgan fingerprint density at radius 2 is 1.14 bits per heavy atom. The number of nitrogens with two attached hydrogens (primary N) is 2. The number of ether oxygens (including phenoxy) is 6. The van der Waals surface area contributed by atoms with Crippen LogP contribution in [0.15, 0.2) is 222 Å². The van der Waals surface area contributed by atoms with Crippen LogP contribution in [0, 0.1) is 11.6 Å². The molecular formula is C64H55F2N5O11S2. The van der Waals surface area contributed by atoms with Crippen molar-refractivity contribution < 1.29 is 58.6 Å². The number of benzene rings is 9. The largest absolute Gasteiger partial charge is 0.493 e. The molecular weight excluding hydrogens is 1120 g/mol. The molecule has 0 amide bonds. The average molecular weight is 1170 g/mol. The smallest absolute Gasteiger partial charge is 0.294 e. The summed E-state index contributed by atoms with van der Waals surface area (Å²) in [6, 6.07) is 56.1. The molecule has 0 aliphatic carbocycles. The van der Waals surface area contributed by atoms with Gasteiger partial charge in [-0.15, -0.1) is 0 Å². The van der Waals surface area contributed by atoms with Gasteiger partial charge in [-0.25, -0.2) is 17.2 Å². The Morgan fingerprint density at radius 1 is 0.536 bits per heavy atom. The van der Waals surface area contributed by atoms with Gasteiger partial charge in [0.2, 0.25) is 0 Å². The van der Waals surface area contributed by atoms with Crippen LogP contribution in [-0.4, -0.2) is 58.7 Å². The standard InChI is InChI=1S/C29H26FN3O5S.C23H19FN2O3.C12H10O3S/c1-36-27-17-22-24(18-28(27)37-15-5-13-31)32-14-12-25(22)38-26-11-10-20(16-23(26)30)33-39(34,35)29-9-4-7-19-6-2-3-8-21(19)29;1-27-22-12-17-20(13-23(22)28-14-15-5-3-2-4-6-15)26-10-9-21(17)29-16-7-8-19(25)18(24)11-16;13-16(14,15)12-8-4-7-11(9-12)10-5-2-1-3-6-10/h2-4,6-12,14,16-18,33H,5,13,15,31H2,1H3;2-13H,14,25H2,1H3;1-9H,(H,13,14,15). The number of fused-ring (bicyclic) bond motifs is 3. The van der Waals surface area contributed by atoms with Crippen LogP contribution in [0.2, 0.25) is 0 Å². The predicted octanol–water partition coefficient (Wildman–Crippen LogP) is 13.8. The third kappa shape index (κ3) is 14.6. The van der Waals surface area contributed by atoms with Gasteiger partial charge in [-0.2, -0.15) is 8.42 Å². The second-order valence-electron chi connectivity index (χ2n) is 18.4. The van der Waals surface area contributed by atoms with Crippen LogP contribution >= 0.6 is 0 Å². The lowest BCUT2D eigenvalue weighted by Crippen LogP contribution is -2.13. The molecule has 11 rings (SSSR count). The summed E-state index contributed by atoms with van der Waals surface area (Å²) in [6.45, 7) is 1.33. The van der Waals surface area contributed by atoms with E-state index in [-0.39, 0.29) is 26.9 Å². The highest BCUT2D eigenvalue weighted by Gasteiger charge is 2.20. The lowest BCUT2D eigenvalue weighted by Gasteiger charge is -2.15. The normalized spacial score (nSPS) is 11.2. The molecule has 16 nitrogen and oxygen atoms in total. The summed E-state index contributed by atoms with van der Waals surface area (Å²) < 4.78 is 123. The molecule has 0 spiro atoms. The highest BCUT2D eigenvalue weighted by Crippen LogP contribution is 2.40. The van der Waals surface area contributed by atoms with Gasteiger partial charge in [0.15, 0.2) is 34.6 Å². The minimum atomic E-state index is -4.13. The van der Waals surface area contributed by atoms with Gasteiger partial charge in [-0.05, 0) is 102 Å². The van der Waals surface area contributed by atoms with Crippen LogP contribution in [0.4, 0.5) is 20.2 Å².